The van der Waals surface area contributed by atoms with Crippen molar-refractivity contribution in [3.05, 3.63) is 80.7 Å². The van der Waals surface area contributed by atoms with Crippen LogP contribution in [0.2, 0.25) is 5.02 Å². The number of ether oxygens (including phenoxy) is 2. The number of piperidine rings is 2. The Labute approximate surface area is 368 Å². The summed E-state index contributed by atoms with van der Waals surface area (Å²) in [6, 6.07) is 12.0. The highest BCUT2D eigenvalue weighted by Gasteiger charge is 2.45. The lowest BCUT2D eigenvalue weighted by Gasteiger charge is -2.43. The fraction of sp³-hybridized carbons (Fsp3) is 0.467. The second-order valence-electron chi connectivity index (χ2n) is 17.3. The van der Waals surface area contributed by atoms with Crippen molar-refractivity contribution in [2.75, 3.05) is 50.1 Å². The van der Waals surface area contributed by atoms with Crippen molar-refractivity contribution in [2.24, 2.45) is 0 Å². The van der Waals surface area contributed by atoms with Gasteiger partial charge in [0.15, 0.2) is 18.2 Å². The zero-order valence-electron chi connectivity index (χ0n) is 35.4. The Hall–Kier alpha value is -5.91. The van der Waals surface area contributed by atoms with Crippen molar-refractivity contribution < 1.29 is 33.4 Å². The number of carbonyl (C=O) groups excluding carboxylic acids is 5. The average molecular weight is 880 g/mol. The van der Waals surface area contributed by atoms with Crippen LogP contribution in [0.1, 0.15) is 97.0 Å². The molecule has 4 fully saturated rings. The number of aromatic nitrogens is 3. The molecule has 2 unspecified atom stereocenters. The Balaban J connectivity index is 0.761. The lowest BCUT2D eigenvalue weighted by atomic mass is 9.87. The van der Waals surface area contributed by atoms with Crippen LogP contribution in [0.3, 0.4) is 0 Å². The van der Waals surface area contributed by atoms with E-state index in [1.165, 1.54) is 7.05 Å². The fourth-order valence-electron chi connectivity index (χ4n) is 9.51. The van der Waals surface area contributed by atoms with E-state index in [2.05, 4.69) is 30.7 Å². The predicted molar refractivity (Wildman–Crippen MR) is 234 cm³/mol. The van der Waals surface area contributed by atoms with Crippen molar-refractivity contribution in [2.45, 2.75) is 95.0 Å². The Morgan fingerprint density at radius 1 is 0.937 bits per heavy atom. The van der Waals surface area contributed by atoms with Gasteiger partial charge >= 0.3 is 0 Å². The fourth-order valence-corrected chi connectivity index (χ4v) is 9.65. The molecule has 63 heavy (non-hydrogen) atoms. The summed E-state index contributed by atoms with van der Waals surface area (Å²) in [4.78, 5) is 90.8. The number of nitrogens with zero attached hydrogens (tertiary/aromatic N) is 6. The molecule has 2 aromatic carbocycles. The summed E-state index contributed by atoms with van der Waals surface area (Å²) >= 11 is 6.59. The van der Waals surface area contributed by atoms with E-state index in [-0.39, 0.29) is 60.8 Å². The number of pyridine rings is 1. The Kier molecular flexibility index (Phi) is 11.7. The van der Waals surface area contributed by atoms with Gasteiger partial charge in [0.05, 0.1) is 35.0 Å². The van der Waals surface area contributed by atoms with Gasteiger partial charge in [0.1, 0.15) is 11.1 Å². The second-order valence-corrected chi connectivity index (χ2v) is 17.7. The number of carbonyl (C=O) groups is 5. The van der Waals surface area contributed by atoms with E-state index >= 15 is 0 Å². The first-order chi connectivity index (χ1) is 30.3. The molecule has 4 aliphatic heterocycles. The van der Waals surface area contributed by atoms with Gasteiger partial charge in [-0.15, -0.1) is 0 Å². The smallest absolute Gasteiger partial charge is 0.293 e. The molecule has 0 bridgehead atoms. The normalized spacial score (nSPS) is 23.0. The molecule has 0 spiro atoms. The number of hydrogen-bond donors (Lipinski definition) is 3. The number of rotatable bonds is 12. The molecule has 2 atom stereocenters. The number of likely N-dealkylation sites (tertiary alicyclic amines) is 1. The molecule has 4 aromatic rings. The Morgan fingerprint density at radius 2 is 1.71 bits per heavy atom. The van der Waals surface area contributed by atoms with Crippen LogP contribution in [0.25, 0.3) is 10.9 Å². The molecule has 18 heteroatoms. The van der Waals surface area contributed by atoms with E-state index < -0.39 is 29.7 Å². The van der Waals surface area contributed by atoms with Crippen molar-refractivity contribution in [1.82, 2.24) is 35.0 Å². The number of hydrogen-bond acceptors (Lipinski definition) is 13. The number of nitrogens with one attached hydrogen (secondary N) is 3. The van der Waals surface area contributed by atoms with Crippen LogP contribution in [0.15, 0.2) is 53.5 Å². The monoisotopic (exact) mass is 879 g/mol. The molecule has 3 saturated heterocycles. The molecule has 1 aliphatic carbocycles. The zero-order chi connectivity index (χ0) is 44.1. The minimum absolute atomic E-state index is 0.0847. The zero-order valence-corrected chi connectivity index (χ0v) is 36.2. The summed E-state index contributed by atoms with van der Waals surface area (Å²) in [6.45, 7) is 6.84. The number of anilines is 3. The summed E-state index contributed by atoms with van der Waals surface area (Å²) in [5.41, 5.74) is 2.76. The highest BCUT2D eigenvalue weighted by Crippen LogP contribution is 2.39. The first kappa shape index (κ1) is 42.4. The molecule has 1 saturated carbocycles. The van der Waals surface area contributed by atoms with Crippen molar-refractivity contribution in [3.8, 4) is 5.75 Å². The quantitative estimate of drug-likeness (QED) is 0.171. The Bertz CT molecular complexity index is 2570. The SMILES string of the molecule is CNC(=O)COc1cc2cc(Nc3nc(N4CCC(OC5CC(N6CCC(c7ccc8c(c7)C(=O)N(C7CCC(=O)NC7=O)C8=O)C6)C5)CC4)ncc3Cl)ccc2n(C(C)C)c1=O. The number of imide groups is 2. The van der Waals surface area contributed by atoms with E-state index in [1.807, 2.05) is 44.2 Å². The van der Waals surface area contributed by atoms with Gasteiger partial charge in [-0.2, -0.15) is 4.98 Å². The topological polar surface area (TPSA) is 197 Å². The Morgan fingerprint density at radius 3 is 2.46 bits per heavy atom. The number of halogens is 1. The van der Waals surface area contributed by atoms with Gasteiger partial charge in [-0.25, -0.2) is 4.98 Å². The molecule has 330 valence electrons. The highest BCUT2D eigenvalue weighted by atomic mass is 35.5. The largest absolute Gasteiger partial charge is 0.478 e. The first-order valence-corrected chi connectivity index (χ1v) is 22.0. The summed E-state index contributed by atoms with van der Waals surface area (Å²) in [5.74, 6) is -0.973. The van der Waals surface area contributed by atoms with E-state index in [9.17, 15) is 28.8 Å². The van der Waals surface area contributed by atoms with Crippen LogP contribution in [0.5, 0.6) is 5.75 Å². The molecule has 9 rings (SSSR count). The van der Waals surface area contributed by atoms with Gasteiger partial charge in [-0.05, 0) is 107 Å². The van der Waals surface area contributed by atoms with Crippen molar-refractivity contribution >= 4 is 69.5 Å². The number of amides is 5. The molecule has 3 N–H and O–H groups in total. The van der Waals surface area contributed by atoms with Crippen molar-refractivity contribution in [1.29, 1.82) is 0 Å². The van der Waals surface area contributed by atoms with Gasteiger partial charge < -0.3 is 29.6 Å². The maximum absolute atomic E-state index is 13.4. The minimum atomic E-state index is -0.976. The molecule has 17 nitrogen and oxygen atoms in total. The molecule has 5 amide bonds. The van der Waals surface area contributed by atoms with Gasteiger partial charge in [0.25, 0.3) is 23.3 Å². The van der Waals surface area contributed by atoms with E-state index in [0.717, 1.165) is 79.6 Å². The van der Waals surface area contributed by atoms with Gasteiger partial charge in [0.2, 0.25) is 17.8 Å². The summed E-state index contributed by atoms with van der Waals surface area (Å²) in [6.07, 6.45) is 6.72. The van der Waals surface area contributed by atoms with Crippen molar-refractivity contribution in [3.63, 3.8) is 0 Å². The molecule has 2 aromatic heterocycles. The number of fused-ring (bicyclic) bond motifs is 2. The average Bonchev–Trinajstić information content (AvgIpc) is 3.84. The first-order valence-electron chi connectivity index (χ1n) is 21.7. The highest BCUT2D eigenvalue weighted by molar-refractivity contribution is 6.33. The lowest BCUT2D eigenvalue weighted by molar-refractivity contribution is -0.136. The van der Waals surface area contributed by atoms with E-state index in [1.54, 1.807) is 22.9 Å². The van der Waals surface area contributed by atoms with Gasteiger partial charge in [0, 0.05) is 56.3 Å². The van der Waals surface area contributed by atoms with Crippen LogP contribution in [0, 0.1) is 0 Å². The second kappa shape index (κ2) is 17.3. The number of benzene rings is 2. The maximum atomic E-state index is 13.4. The predicted octanol–water partition coefficient (Wildman–Crippen LogP) is 4.30. The molecule has 0 radical (unpaired) electrons. The minimum Gasteiger partial charge on any atom is -0.478 e. The van der Waals surface area contributed by atoms with Crippen LogP contribution >= 0.6 is 11.6 Å². The third kappa shape index (κ3) is 8.36. The lowest BCUT2D eigenvalue weighted by Crippen LogP contribution is -2.54. The third-order valence-corrected chi connectivity index (χ3v) is 13.3. The summed E-state index contributed by atoms with van der Waals surface area (Å²) in [5, 5.41) is 9.18. The van der Waals surface area contributed by atoms with Gasteiger partial charge in [-0.3, -0.25) is 43.9 Å². The summed E-state index contributed by atoms with van der Waals surface area (Å²) < 4.78 is 13.8. The molecular formula is C45H50ClN9O8. The number of likely N-dealkylation sites (N-methyl/N-ethyl adjacent to an activating group) is 1. The summed E-state index contributed by atoms with van der Waals surface area (Å²) in [7, 11) is 1.51. The molecule has 6 heterocycles. The van der Waals surface area contributed by atoms with Crippen LogP contribution < -0.4 is 31.1 Å². The molecule has 5 aliphatic rings. The van der Waals surface area contributed by atoms with Crippen LogP contribution in [-0.2, 0) is 19.1 Å². The van der Waals surface area contributed by atoms with Crippen LogP contribution in [0.4, 0.5) is 17.5 Å². The van der Waals surface area contributed by atoms with Gasteiger partial charge in [-0.1, -0.05) is 17.7 Å². The molecular weight excluding hydrogens is 830 g/mol. The van der Waals surface area contributed by atoms with E-state index in [0.29, 0.717) is 39.6 Å². The standard InChI is InChI=1S/C45H50ClN9O8/c1-24(2)54-35-7-5-28(16-27(35)18-37(44(54)61)62-23-39(57)47-3)49-40-34(46)21-48-45(51-40)52-14-11-30(12-15-52)63-31-19-29(20-31)53-13-10-26(22-53)25-4-6-32-33(17-25)43(60)55(42(32)59)36-8-9-38(56)50-41(36)58/h4-7,16-18,21,24,26,29-31,36H,8-15,19-20,22-23H2,1-3H3,(H,47,57)(H,48,49,51)(H,50,56,58). The van der Waals surface area contributed by atoms with Crippen LogP contribution in [-0.4, -0.2) is 118 Å². The third-order valence-electron chi connectivity index (χ3n) is 13.0. The maximum Gasteiger partial charge on any atom is 0.293 e. The van der Waals surface area contributed by atoms with E-state index in [4.69, 9.17) is 26.1 Å².